The van der Waals surface area contributed by atoms with Crippen molar-refractivity contribution in [2.45, 2.75) is 18.8 Å². The number of para-hydroxylation sites is 2. The Morgan fingerprint density at radius 3 is 2.58 bits per heavy atom. The van der Waals surface area contributed by atoms with Gasteiger partial charge in [-0.15, -0.1) is 0 Å². The van der Waals surface area contributed by atoms with Crippen molar-refractivity contribution in [1.29, 1.82) is 5.26 Å². The molecular weight excluding hydrogens is 328 g/mol. The summed E-state index contributed by atoms with van der Waals surface area (Å²) in [4.78, 5) is 18.8. The molecule has 2 amide bonds. The van der Waals surface area contributed by atoms with Crippen molar-refractivity contribution >= 4 is 22.8 Å². The fraction of sp³-hybridized carbons (Fsp3) is 0.250. The number of benzene rings is 2. The number of carbonyl (C=O) groups excluding carboxylic acids is 1. The Balaban J connectivity index is 1.36. The number of piperidine rings is 1. The second-order valence-corrected chi connectivity index (χ2v) is 6.40. The van der Waals surface area contributed by atoms with E-state index >= 15 is 0 Å². The molecular formula is C20H18N4O2. The van der Waals surface area contributed by atoms with Crippen molar-refractivity contribution in [2.75, 3.05) is 18.4 Å². The van der Waals surface area contributed by atoms with E-state index in [1.54, 1.807) is 29.2 Å². The molecule has 0 spiro atoms. The predicted octanol–water partition coefficient (Wildman–Crippen LogP) is 4.11. The zero-order valence-corrected chi connectivity index (χ0v) is 14.2. The van der Waals surface area contributed by atoms with Crippen LogP contribution in [0.2, 0.25) is 0 Å². The minimum atomic E-state index is -0.120. The topological polar surface area (TPSA) is 82.2 Å². The van der Waals surface area contributed by atoms with Gasteiger partial charge in [-0.25, -0.2) is 9.78 Å². The summed E-state index contributed by atoms with van der Waals surface area (Å²) >= 11 is 0. The summed E-state index contributed by atoms with van der Waals surface area (Å²) in [5.41, 5.74) is 2.95. The molecule has 26 heavy (non-hydrogen) atoms. The van der Waals surface area contributed by atoms with Gasteiger partial charge in [-0.1, -0.05) is 12.1 Å². The zero-order chi connectivity index (χ0) is 17.9. The van der Waals surface area contributed by atoms with Gasteiger partial charge < -0.3 is 14.6 Å². The molecule has 2 heterocycles. The quantitative estimate of drug-likeness (QED) is 0.757. The molecule has 0 bridgehead atoms. The molecule has 1 saturated heterocycles. The van der Waals surface area contributed by atoms with Crippen LogP contribution >= 0.6 is 0 Å². The first-order valence-electron chi connectivity index (χ1n) is 8.64. The molecule has 6 nitrogen and oxygen atoms in total. The van der Waals surface area contributed by atoms with Gasteiger partial charge in [0.05, 0.1) is 11.6 Å². The molecule has 1 fully saturated rings. The fourth-order valence-corrected chi connectivity index (χ4v) is 3.22. The summed E-state index contributed by atoms with van der Waals surface area (Å²) in [6.07, 6.45) is 1.65. The molecule has 0 atom stereocenters. The van der Waals surface area contributed by atoms with Crippen LogP contribution in [-0.4, -0.2) is 29.0 Å². The number of nitriles is 1. The van der Waals surface area contributed by atoms with Crippen molar-refractivity contribution in [2.24, 2.45) is 0 Å². The molecule has 0 saturated carbocycles. The number of likely N-dealkylation sites (tertiary alicyclic amines) is 1. The zero-order valence-electron chi connectivity index (χ0n) is 14.2. The van der Waals surface area contributed by atoms with Crippen molar-refractivity contribution in [1.82, 2.24) is 9.88 Å². The third-order valence-corrected chi connectivity index (χ3v) is 4.71. The van der Waals surface area contributed by atoms with Gasteiger partial charge >= 0.3 is 6.03 Å². The van der Waals surface area contributed by atoms with E-state index < -0.39 is 0 Å². The van der Waals surface area contributed by atoms with Gasteiger partial charge in [0.2, 0.25) is 0 Å². The Morgan fingerprint density at radius 1 is 1.15 bits per heavy atom. The molecule has 1 aliphatic heterocycles. The van der Waals surface area contributed by atoms with Gasteiger partial charge in [0.25, 0.3) is 0 Å². The van der Waals surface area contributed by atoms with E-state index in [1.165, 1.54) is 0 Å². The maximum absolute atomic E-state index is 12.4. The predicted molar refractivity (Wildman–Crippen MR) is 97.7 cm³/mol. The third kappa shape index (κ3) is 3.24. The van der Waals surface area contributed by atoms with Crippen LogP contribution in [0.5, 0.6) is 0 Å². The minimum Gasteiger partial charge on any atom is -0.440 e. The highest BCUT2D eigenvalue weighted by molar-refractivity contribution is 5.89. The first kappa shape index (κ1) is 16.2. The second-order valence-electron chi connectivity index (χ2n) is 6.40. The standard InChI is InChI=1S/C20H18N4O2/c21-13-14-5-7-16(8-6-14)22-20(25)24-11-9-15(10-12-24)19-23-17-3-1-2-4-18(17)26-19/h1-8,15H,9-12H2,(H,22,25). The number of hydrogen-bond acceptors (Lipinski definition) is 4. The number of amides is 2. The Hall–Kier alpha value is -3.33. The molecule has 3 aromatic rings. The highest BCUT2D eigenvalue weighted by Gasteiger charge is 2.27. The van der Waals surface area contributed by atoms with Crippen LogP contribution in [0.15, 0.2) is 52.9 Å². The number of nitrogens with one attached hydrogen (secondary N) is 1. The van der Waals surface area contributed by atoms with Crippen molar-refractivity contribution in [3.63, 3.8) is 0 Å². The van der Waals surface area contributed by atoms with Crippen LogP contribution in [-0.2, 0) is 0 Å². The number of rotatable bonds is 2. The Morgan fingerprint density at radius 2 is 1.88 bits per heavy atom. The van der Waals surface area contributed by atoms with E-state index in [4.69, 9.17) is 9.68 Å². The molecule has 1 N–H and O–H groups in total. The first-order chi connectivity index (χ1) is 12.7. The summed E-state index contributed by atoms with van der Waals surface area (Å²) < 4.78 is 5.86. The third-order valence-electron chi connectivity index (χ3n) is 4.71. The van der Waals surface area contributed by atoms with Crippen molar-refractivity contribution in [3.8, 4) is 6.07 Å². The normalized spacial score (nSPS) is 15.0. The van der Waals surface area contributed by atoms with E-state index in [0.29, 0.717) is 24.3 Å². The fourth-order valence-electron chi connectivity index (χ4n) is 3.22. The molecule has 0 aliphatic carbocycles. The number of fused-ring (bicyclic) bond motifs is 1. The molecule has 4 rings (SSSR count). The van der Waals surface area contributed by atoms with Crippen LogP contribution in [0.4, 0.5) is 10.5 Å². The van der Waals surface area contributed by atoms with E-state index in [9.17, 15) is 4.79 Å². The van der Waals surface area contributed by atoms with E-state index in [-0.39, 0.29) is 11.9 Å². The molecule has 130 valence electrons. The maximum Gasteiger partial charge on any atom is 0.321 e. The lowest BCUT2D eigenvalue weighted by molar-refractivity contribution is 0.190. The molecule has 6 heteroatoms. The Labute approximate surface area is 151 Å². The molecule has 2 aromatic carbocycles. The van der Waals surface area contributed by atoms with Crippen molar-refractivity contribution in [3.05, 3.63) is 60.0 Å². The molecule has 1 aliphatic rings. The monoisotopic (exact) mass is 346 g/mol. The van der Waals surface area contributed by atoms with Gasteiger partial charge in [0.1, 0.15) is 5.52 Å². The number of carbonyl (C=O) groups is 1. The van der Waals surface area contributed by atoms with Crippen LogP contribution in [0.25, 0.3) is 11.1 Å². The Bertz CT molecular complexity index is 930. The van der Waals surface area contributed by atoms with Gasteiger partial charge in [-0.05, 0) is 49.2 Å². The lowest BCUT2D eigenvalue weighted by Gasteiger charge is -2.30. The van der Waals surface area contributed by atoms with E-state index in [2.05, 4.69) is 16.4 Å². The van der Waals surface area contributed by atoms with Gasteiger partial charge in [-0.3, -0.25) is 0 Å². The highest BCUT2D eigenvalue weighted by Crippen LogP contribution is 2.30. The number of aromatic nitrogens is 1. The van der Waals surface area contributed by atoms with Crippen molar-refractivity contribution < 1.29 is 9.21 Å². The van der Waals surface area contributed by atoms with Gasteiger partial charge in [-0.2, -0.15) is 5.26 Å². The second kappa shape index (κ2) is 6.89. The largest absolute Gasteiger partial charge is 0.440 e. The van der Waals surface area contributed by atoms with Crippen LogP contribution in [0.3, 0.4) is 0 Å². The van der Waals surface area contributed by atoms with Gasteiger partial charge in [0.15, 0.2) is 11.5 Å². The molecule has 0 radical (unpaired) electrons. The summed E-state index contributed by atoms with van der Waals surface area (Å²) in [5, 5.41) is 11.7. The number of anilines is 1. The highest BCUT2D eigenvalue weighted by atomic mass is 16.3. The Kier molecular flexibility index (Phi) is 4.28. The SMILES string of the molecule is N#Cc1ccc(NC(=O)N2CCC(c3nc4ccccc4o3)CC2)cc1. The first-order valence-corrected chi connectivity index (χ1v) is 8.64. The minimum absolute atomic E-state index is 0.120. The summed E-state index contributed by atoms with van der Waals surface area (Å²) in [5.74, 6) is 1.000. The van der Waals surface area contributed by atoms with Crippen LogP contribution in [0, 0.1) is 11.3 Å². The average molecular weight is 346 g/mol. The van der Waals surface area contributed by atoms with Crippen LogP contribution in [0.1, 0.15) is 30.2 Å². The number of hydrogen-bond donors (Lipinski definition) is 1. The van der Waals surface area contributed by atoms with Crippen LogP contribution < -0.4 is 5.32 Å². The summed E-state index contributed by atoms with van der Waals surface area (Å²) in [6.45, 7) is 1.32. The number of urea groups is 1. The van der Waals surface area contributed by atoms with E-state index in [1.807, 2.05) is 24.3 Å². The summed E-state index contributed by atoms with van der Waals surface area (Å²) in [6, 6.07) is 16.6. The van der Waals surface area contributed by atoms with Gasteiger partial charge in [0, 0.05) is 24.7 Å². The summed E-state index contributed by atoms with van der Waals surface area (Å²) in [7, 11) is 0. The lowest BCUT2D eigenvalue weighted by atomic mass is 9.97. The maximum atomic E-state index is 12.4. The number of nitrogens with zero attached hydrogens (tertiary/aromatic N) is 3. The molecule has 0 unspecified atom stereocenters. The molecule has 1 aromatic heterocycles. The number of oxazole rings is 1. The average Bonchev–Trinajstić information content (AvgIpc) is 3.13. The lowest BCUT2D eigenvalue weighted by Crippen LogP contribution is -2.40. The van der Waals surface area contributed by atoms with E-state index in [0.717, 1.165) is 29.8 Å². The smallest absolute Gasteiger partial charge is 0.321 e.